The zero-order valence-electron chi connectivity index (χ0n) is 14.4. The molecule has 1 fully saturated rings. The average Bonchev–Trinajstić information content (AvgIpc) is 3.37. The Bertz CT molecular complexity index is 747. The highest BCUT2D eigenvalue weighted by atomic mass is 79.9. The molecular formula is C19H22BrNO3. The molecule has 4 nitrogen and oxygen atoms in total. The van der Waals surface area contributed by atoms with Crippen LogP contribution in [0.5, 0.6) is 5.75 Å². The topological polar surface area (TPSA) is 42.7 Å². The maximum atomic E-state index is 13.3. The summed E-state index contributed by atoms with van der Waals surface area (Å²) in [7, 11) is 1.64. The Balaban J connectivity index is 2.01. The third kappa shape index (κ3) is 3.09. The number of benzene rings is 1. The van der Waals surface area contributed by atoms with E-state index in [9.17, 15) is 4.79 Å². The molecule has 5 heteroatoms. The van der Waals surface area contributed by atoms with Crippen LogP contribution in [-0.2, 0) is 0 Å². The normalized spacial score (nSPS) is 15.2. The second-order valence-corrected chi connectivity index (χ2v) is 7.15. The minimum absolute atomic E-state index is 0.0270. The van der Waals surface area contributed by atoms with Crippen LogP contribution in [0.1, 0.15) is 41.6 Å². The molecule has 0 saturated heterocycles. The number of ether oxygens (including phenoxy) is 1. The Morgan fingerprint density at radius 1 is 1.25 bits per heavy atom. The predicted octanol–water partition coefficient (Wildman–Crippen LogP) is 5.11. The molecule has 1 aromatic carbocycles. The highest BCUT2D eigenvalue weighted by Crippen LogP contribution is 2.39. The number of nitrogens with zero attached hydrogens (tertiary/aromatic N) is 1. The lowest BCUT2D eigenvalue weighted by Crippen LogP contribution is -2.40. The van der Waals surface area contributed by atoms with Gasteiger partial charge >= 0.3 is 0 Å². The molecule has 0 aliphatic heterocycles. The van der Waals surface area contributed by atoms with Gasteiger partial charge in [-0.3, -0.25) is 4.79 Å². The molecule has 2 aromatic rings. The van der Waals surface area contributed by atoms with E-state index in [1.54, 1.807) is 7.11 Å². The number of carbonyl (C=O) groups is 1. The van der Waals surface area contributed by atoms with E-state index in [1.165, 1.54) is 12.8 Å². The van der Waals surface area contributed by atoms with Crippen molar-refractivity contribution in [3.05, 3.63) is 45.8 Å². The van der Waals surface area contributed by atoms with E-state index < -0.39 is 0 Å². The maximum absolute atomic E-state index is 13.3. The van der Waals surface area contributed by atoms with Crippen LogP contribution in [0, 0.1) is 19.8 Å². The van der Waals surface area contributed by atoms with Gasteiger partial charge in [0.25, 0.3) is 5.91 Å². The first-order chi connectivity index (χ1) is 11.4. The Morgan fingerprint density at radius 2 is 1.88 bits per heavy atom. The number of furan rings is 1. The Hall–Kier alpha value is -1.75. The highest BCUT2D eigenvalue weighted by Gasteiger charge is 2.37. The number of rotatable bonds is 5. The molecule has 1 amide bonds. The van der Waals surface area contributed by atoms with Gasteiger partial charge in [0, 0.05) is 11.7 Å². The summed E-state index contributed by atoms with van der Waals surface area (Å²) in [5, 5.41) is 0. The van der Waals surface area contributed by atoms with Gasteiger partial charge in [-0.25, -0.2) is 0 Å². The lowest BCUT2D eigenvalue weighted by Gasteiger charge is -2.29. The number of aryl methyl sites for hydroxylation is 2. The van der Waals surface area contributed by atoms with Gasteiger partial charge in [-0.1, -0.05) is 0 Å². The molecule has 1 heterocycles. The largest absolute Gasteiger partial charge is 0.497 e. The minimum atomic E-state index is -0.0270. The number of anilines is 1. The third-order valence-electron chi connectivity index (χ3n) is 4.68. The van der Waals surface area contributed by atoms with Gasteiger partial charge < -0.3 is 14.1 Å². The molecule has 0 spiro atoms. The molecule has 0 bridgehead atoms. The summed E-state index contributed by atoms with van der Waals surface area (Å²) in [5.41, 5.74) is 1.49. The van der Waals surface area contributed by atoms with Gasteiger partial charge in [-0.2, -0.15) is 0 Å². The smallest absolute Gasteiger partial charge is 0.263 e. The molecule has 1 aliphatic rings. The monoisotopic (exact) mass is 391 g/mol. The third-order valence-corrected chi connectivity index (χ3v) is 5.64. The van der Waals surface area contributed by atoms with Gasteiger partial charge in [0.1, 0.15) is 17.3 Å². The van der Waals surface area contributed by atoms with Crippen molar-refractivity contribution in [2.24, 2.45) is 5.92 Å². The maximum Gasteiger partial charge on any atom is 0.263 e. The Kier molecular flexibility index (Phi) is 4.72. The van der Waals surface area contributed by atoms with Crippen LogP contribution in [0.15, 0.2) is 33.2 Å². The zero-order valence-corrected chi connectivity index (χ0v) is 16.0. The second-order valence-electron chi connectivity index (χ2n) is 6.35. The van der Waals surface area contributed by atoms with Crippen LogP contribution in [0.25, 0.3) is 0 Å². The van der Waals surface area contributed by atoms with Crippen molar-refractivity contribution < 1.29 is 13.9 Å². The van der Waals surface area contributed by atoms with Crippen molar-refractivity contribution in [3.63, 3.8) is 0 Å². The number of methoxy groups -OCH3 is 1. The summed E-state index contributed by atoms with van der Waals surface area (Å²) < 4.78 is 11.6. The molecule has 1 unspecified atom stereocenters. The summed E-state index contributed by atoms with van der Waals surface area (Å²) in [6.07, 6.45) is 2.34. The fourth-order valence-electron chi connectivity index (χ4n) is 3.09. The SMILES string of the molecule is COc1ccc(N(C(=O)c2c(C)oc(C)c2Br)C(C)C2CC2)cc1. The van der Waals surface area contributed by atoms with Crippen molar-refractivity contribution in [2.75, 3.05) is 12.0 Å². The van der Waals surface area contributed by atoms with Crippen LogP contribution in [0.2, 0.25) is 0 Å². The molecule has 24 heavy (non-hydrogen) atoms. The summed E-state index contributed by atoms with van der Waals surface area (Å²) >= 11 is 3.51. The van der Waals surface area contributed by atoms with Crippen LogP contribution in [0.3, 0.4) is 0 Å². The summed E-state index contributed by atoms with van der Waals surface area (Å²) in [4.78, 5) is 15.2. The molecular weight excluding hydrogens is 370 g/mol. The second kappa shape index (κ2) is 6.63. The van der Waals surface area contributed by atoms with E-state index in [-0.39, 0.29) is 11.9 Å². The highest BCUT2D eigenvalue weighted by molar-refractivity contribution is 9.10. The molecule has 0 radical (unpaired) electrons. The van der Waals surface area contributed by atoms with Gasteiger partial charge in [0.2, 0.25) is 0 Å². The number of hydrogen-bond acceptors (Lipinski definition) is 3. The molecule has 1 saturated carbocycles. The van der Waals surface area contributed by atoms with Crippen molar-refractivity contribution >= 4 is 27.5 Å². The summed E-state index contributed by atoms with van der Waals surface area (Å²) in [5.74, 6) is 2.68. The zero-order chi connectivity index (χ0) is 17.4. The van der Waals surface area contributed by atoms with Crippen LogP contribution in [-0.4, -0.2) is 19.1 Å². The lowest BCUT2D eigenvalue weighted by atomic mass is 10.1. The summed E-state index contributed by atoms with van der Waals surface area (Å²) in [6.45, 7) is 5.81. The van der Waals surface area contributed by atoms with Crippen molar-refractivity contribution in [2.45, 2.75) is 39.7 Å². The first-order valence-electron chi connectivity index (χ1n) is 8.17. The average molecular weight is 392 g/mol. The van der Waals surface area contributed by atoms with Crippen molar-refractivity contribution in [1.82, 2.24) is 0 Å². The van der Waals surface area contributed by atoms with Gasteiger partial charge in [-0.15, -0.1) is 0 Å². The summed E-state index contributed by atoms with van der Waals surface area (Å²) in [6, 6.07) is 7.79. The fourth-order valence-corrected chi connectivity index (χ4v) is 3.62. The van der Waals surface area contributed by atoms with Crippen molar-refractivity contribution in [3.8, 4) is 5.75 Å². The van der Waals surface area contributed by atoms with E-state index in [1.807, 2.05) is 43.0 Å². The number of amides is 1. The number of halogens is 1. The Morgan fingerprint density at radius 3 is 2.33 bits per heavy atom. The van der Waals surface area contributed by atoms with Crippen LogP contribution in [0.4, 0.5) is 5.69 Å². The first kappa shape index (κ1) is 17.1. The molecule has 1 aromatic heterocycles. The van der Waals surface area contributed by atoms with E-state index in [2.05, 4.69) is 22.9 Å². The van der Waals surface area contributed by atoms with Crippen molar-refractivity contribution in [1.29, 1.82) is 0 Å². The minimum Gasteiger partial charge on any atom is -0.497 e. The van der Waals surface area contributed by atoms with E-state index >= 15 is 0 Å². The molecule has 0 N–H and O–H groups in total. The quantitative estimate of drug-likeness (QED) is 0.710. The standard InChI is InChI=1S/C19H22BrNO3/c1-11(14-5-6-14)21(15-7-9-16(23-4)10-8-15)19(22)17-12(2)24-13(3)18(17)20/h7-11,14H,5-6H2,1-4H3. The predicted molar refractivity (Wildman–Crippen MR) is 97.9 cm³/mol. The number of carbonyl (C=O) groups excluding carboxylic acids is 1. The van der Waals surface area contributed by atoms with Crippen LogP contribution >= 0.6 is 15.9 Å². The Labute approximate surface area is 150 Å². The number of hydrogen-bond donors (Lipinski definition) is 0. The molecule has 128 valence electrons. The van der Waals surface area contributed by atoms with Gasteiger partial charge in [0.15, 0.2) is 0 Å². The molecule has 3 rings (SSSR count). The fraction of sp³-hybridized carbons (Fsp3) is 0.421. The van der Waals surface area contributed by atoms with Gasteiger partial charge in [-0.05, 0) is 79.7 Å². The first-order valence-corrected chi connectivity index (χ1v) is 8.96. The van der Waals surface area contributed by atoms with E-state index in [4.69, 9.17) is 9.15 Å². The molecule has 1 aliphatic carbocycles. The van der Waals surface area contributed by atoms with E-state index in [0.29, 0.717) is 17.2 Å². The molecule has 1 atom stereocenters. The van der Waals surface area contributed by atoms with Crippen LogP contribution < -0.4 is 9.64 Å². The van der Waals surface area contributed by atoms with Gasteiger partial charge in [0.05, 0.1) is 17.1 Å². The van der Waals surface area contributed by atoms with E-state index in [0.717, 1.165) is 21.7 Å². The lowest BCUT2D eigenvalue weighted by molar-refractivity contribution is 0.0973.